The second-order valence-corrected chi connectivity index (χ2v) is 6.61. The van der Waals surface area contributed by atoms with E-state index in [1.165, 1.54) is 6.26 Å². The number of para-hydroxylation sites is 2. The molecule has 0 aliphatic rings. The Bertz CT molecular complexity index is 942. The number of carboxylic acids is 1. The van der Waals surface area contributed by atoms with E-state index >= 15 is 0 Å². The maximum atomic E-state index is 11.9. The van der Waals surface area contributed by atoms with Crippen LogP contribution in [0.1, 0.15) is 5.56 Å². The normalized spacial score (nSPS) is 12.0. The largest absolute Gasteiger partial charge is 0.491 e. The highest BCUT2D eigenvalue weighted by molar-refractivity contribution is 7.78. The van der Waals surface area contributed by atoms with E-state index in [-0.39, 0.29) is 19.8 Å². The molecule has 9 heteroatoms. The van der Waals surface area contributed by atoms with Crippen molar-refractivity contribution in [3.63, 3.8) is 0 Å². The van der Waals surface area contributed by atoms with Crippen LogP contribution >= 0.6 is 0 Å². The number of carboxylic acid groups (broad SMARTS) is 1. The van der Waals surface area contributed by atoms with Gasteiger partial charge in [-0.2, -0.15) is 0 Å². The van der Waals surface area contributed by atoms with Crippen LogP contribution in [-0.2, 0) is 26.8 Å². The molecule has 1 atom stereocenters. The van der Waals surface area contributed by atoms with Gasteiger partial charge in [0.15, 0.2) is 17.9 Å². The van der Waals surface area contributed by atoms with Crippen LogP contribution in [0.2, 0.25) is 0 Å². The monoisotopic (exact) mass is 405 g/mol. The zero-order valence-electron chi connectivity index (χ0n) is 14.8. The fraction of sp³-hybridized carbons (Fsp3) is 0.211. The van der Waals surface area contributed by atoms with Crippen molar-refractivity contribution in [3.8, 4) is 11.5 Å². The lowest BCUT2D eigenvalue weighted by molar-refractivity contribution is -0.139. The molecule has 148 valence electrons. The van der Waals surface area contributed by atoms with Gasteiger partial charge in [0.1, 0.15) is 12.4 Å². The van der Waals surface area contributed by atoms with Crippen LogP contribution < -0.4 is 14.2 Å². The van der Waals surface area contributed by atoms with Crippen LogP contribution in [-0.4, -0.2) is 35.1 Å². The van der Waals surface area contributed by atoms with Crippen LogP contribution in [0.4, 0.5) is 0 Å². The number of ether oxygens (including phenoxy) is 2. The van der Waals surface area contributed by atoms with Gasteiger partial charge in [0.2, 0.25) is 11.3 Å². The molecule has 2 aromatic carbocycles. The van der Waals surface area contributed by atoms with Crippen LogP contribution in [0.15, 0.2) is 59.2 Å². The number of furan rings is 1. The molecule has 3 aromatic rings. The highest BCUT2D eigenvalue weighted by Gasteiger charge is 2.12. The minimum Gasteiger partial charge on any atom is -0.491 e. The first-order valence-electron chi connectivity index (χ1n) is 8.43. The number of hydrogen-bond donors (Lipinski definition) is 2. The maximum absolute atomic E-state index is 11.9. The SMILES string of the molecule is O=C(O)COc1cccc2c(CNS(=O)OCCOc3ccccc3)coc12. The summed E-state index contributed by atoms with van der Waals surface area (Å²) < 4.78 is 36.0. The van der Waals surface area contributed by atoms with Crippen LogP contribution in [0.3, 0.4) is 0 Å². The maximum Gasteiger partial charge on any atom is 0.341 e. The number of rotatable bonds is 11. The molecule has 8 nitrogen and oxygen atoms in total. The number of carbonyl (C=O) groups is 1. The molecule has 0 aliphatic heterocycles. The van der Waals surface area contributed by atoms with Gasteiger partial charge in [-0.1, -0.05) is 30.3 Å². The van der Waals surface area contributed by atoms with Crippen LogP contribution in [0, 0.1) is 0 Å². The summed E-state index contributed by atoms with van der Waals surface area (Å²) in [6.45, 7) is 0.210. The van der Waals surface area contributed by atoms with Crippen molar-refractivity contribution in [1.82, 2.24) is 4.72 Å². The van der Waals surface area contributed by atoms with Gasteiger partial charge in [-0.05, 0) is 18.2 Å². The first kappa shape index (κ1) is 19.9. The van der Waals surface area contributed by atoms with Crippen molar-refractivity contribution < 1.29 is 32.2 Å². The van der Waals surface area contributed by atoms with Gasteiger partial charge in [-0.15, -0.1) is 0 Å². The molecule has 1 aromatic heterocycles. The van der Waals surface area contributed by atoms with E-state index in [1.54, 1.807) is 18.2 Å². The lowest BCUT2D eigenvalue weighted by Crippen LogP contribution is -2.21. The standard InChI is InChI=1S/C19H19NO7S/c21-18(22)13-25-17-8-4-7-16-14(12-26-19(16)17)11-20-28(23)27-10-9-24-15-5-2-1-3-6-15/h1-8,12,20H,9-11,13H2,(H,21,22). The molecule has 0 amide bonds. The minimum atomic E-state index is -1.70. The number of benzene rings is 2. The second kappa shape index (κ2) is 9.88. The summed E-state index contributed by atoms with van der Waals surface area (Å²) in [7, 11) is 0. The van der Waals surface area contributed by atoms with E-state index in [9.17, 15) is 9.00 Å². The Kier molecular flexibility index (Phi) is 7.01. The van der Waals surface area contributed by atoms with E-state index in [0.29, 0.717) is 11.3 Å². The average Bonchev–Trinajstić information content (AvgIpc) is 3.12. The summed E-state index contributed by atoms with van der Waals surface area (Å²) in [4.78, 5) is 10.7. The molecule has 1 unspecified atom stereocenters. The van der Waals surface area contributed by atoms with Gasteiger partial charge >= 0.3 is 5.97 Å². The number of hydrogen-bond acceptors (Lipinski definition) is 6. The van der Waals surface area contributed by atoms with E-state index in [1.807, 2.05) is 30.3 Å². The molecule has 0 saturated carbocycles. The van der Waals surface area contributed by atoms with Crippen LogP contribution in [0.5, 0.6) is 11.5 Å². The predicted octanol–water partition coefficient (Wildman–Crippen LogP) is 2.66. The highest BCUT2D eigenvalue weighted by atomic mass is 32.2. The fourth-order valence-corrected chi connectivity index (χ4v) is 3.01. The second-order valence-electron chi connectivity index (χ2n) is 5.62. The molecule has 0 radical (unpaired) electrons. The molecule has 1 heterocycles. The Balaban J connectivity index is 1.47. The molecule has 28 heavy (non-hydrogen) atoms. The lowest BCUT2D eigenvalue weighted by atomic mass is 10.2. The van der Waals surface area contributed by atoms with Crippen molar-refractivity contribution in [2.45, 2.75) is 6.54 Å². The Hall–Kier alpha value is -2.88. The molecule has 0 fully saturated rings. The summed E-state index contributed by atoms with van der Waals surface area (Å²) in [5.41, 5.74) is 1.18. The van der Waals surface area contributed by atoms with Crippen molar-refractivity contribution in [2.24, 2.45) is 0 Å². The molecular weight excluding hydrogens is 386 g/mol. The van der Waals surface area contributed by atoms with E-state index < -0.39 is 23.8 Å². The number of aliphatic carboxylic acids is 1. The van der Waals surface area contributed by atoms with Crippen molar-refractivity contribution in [2.75, 3.05) is 19.8 Å². The minimum absolute atomic E-state index is 0.161. The molecule has 0 aliphatic carbocycles. The third-order valence-electron chi connectivity index (χ3n) is 3.66. The molecular formula is C19H19NO7S. The van der Waals surface area contributed by atoms with E-state index in [0.717, 1.165) is 16.7 Å². The van der Waals surface area contributed by atoms with Crippen molar-refractivity contribution in [3.05, 3.63) is 60.4 Å². The van der Waals surface area contributed by atoms with Gasteiger partial charge in [0.25, 0.3) is 0 Å². The van der Waals surface area contributed by atoms with Gasteiger partial charge in [-0.3, -0.25) is 4.18 Å². The molecule has 0 saturated heterocycles. The zero-order valence-corrected chi connectivity index (χ0v) is 15.6. The molecule has 3 rings (SSSR count). The van der Waals surface area contributed by atoms with Crippen molar-refractivity contribution >= 4 is 28.2 Å². The molecule has 0 spiro atoms. The predicted molar refractivity (Wildman–Crippen MR) is 102 cm³/mol. The van der Waals surface area contributed by atoms with E-state index in [2.05, 4.69) is 4.72 Å². The van der Waals surface area contributed by atoms with Gasteiger partial charge in [-0.25, -0.2) is 13.7 Å². The Morgan fingerprint density at radius 2 is 1.89 bits per heavy atom. The highest BCUT2D eigenvalue weighted by Crippen LogP contribution is 2.29. The topological polar surface area (TPSA) is 107 Å². The van der Waals surface area contributed by atoms with Gasteiger partial charge < -0.3 is 19.0 Å². The number of nitrogens with one attached hydrogen (secondary N) is 1. The van der Waals surface area contributed by atoms with Gasteiger partial charge in [0.05, 0.1) is 12.9 Å². The Labute approximate surface area is 163 Å². The van der Waals surface area contributed by atoms with Crippen LogP contribution in [0.25, 0.3) is 11.0 Å². The summed E-state index contributed by atoms with van der Waals surface area (Å²) >= 11 is -1.70. The summed E-state index contributed by atoms with van der Waals surface area (Å²) in [5.74, 6) is -0.0218. The fourth-order valence-electron chi connectivity index (χ4n) is 2.44. The summed E-state index contributed by atoms with van der Waals surface area (Å²) in [6, 6.07) is 14.4. The zero-order chi connectivity index (χ0) is 19.8. The molecule has 0 bridgehead atoms. The Morgan fingerprint density at radius 1 is 1.07 bits per heavy atom. The summed E-state index contributed by atoms with van der Waals surface area (Å²) in [6.07, 6.45) is 1.50. The first-order chi connectivity index (χ1) is 13.6. The van der Waals surface area contributed by atoms with Gasteiger partial charge in [0, 0.05) is 17.5 Å². The lowest BCUT2D eigenvalue weighted by Gasteiger charge is -2.07. The van der Waals surface area contributed by atoms with Crippen molar-refractivity contribution in [1.29, 1.82) is 0 Å². The summed E-state index contributed by atoms with van der Waals surface area (Å²) in [5, 5.41) is 9.46. The smallest absolute Gasteiger partial charge is 0.341 e. The quantitative estimate of drug-likeness (QED) is 0.472. The third kappa shape index (κ3) is 5.56. The average molecular weight is 405 g/mol. The third-order valence-corrected chi connectivity index (χ3v) is 4.42. The van der Waals surface area contributed by atoms with E-state index in [4.69, 9.17) is 23.2 Å². The number of fused-ring (bicyclic) bond motifs is 1. The first-order valence-corrected chi connectivity index (χ1v) is 9.51. The molecule has 2 N–H and O–H groups in total. The Morgan fingerprint density at radius 3 is 2.68 bits per heavy atom.